The van der Waals surface area contributed by atoms with Gasteiger partial charge >= 0.3 is 0 Å². The van der Waals surface area contributed by atoms with Crippen LogP contribution in [0.4, 0.5) is 4.39 Å². The van der Waals surface area contributed by atoms with Gasteiger partial charge in [0.1, 0.15) is 5.83 Å². The number of aromatic nitrogens is 1. The van der Waals surface area contributed by atoms with Crippen LogP contribution in [-0.4, -0.2) is 17.3 Å². The average molecular weight is 212 g/mol. The normalized spacial score (nSPS) is 11.8. The molecule has 14 heavy (non-hydrogen) atoms. The summed E-state index contributed by atoms with van der Waals surface area (Å²) in [4.78, 5) is 4.15. The summed E-state index contributed by atoms with van der Waals surface area (Å²) in [5.41, 5.74) is 6.25. The molecule has 1 aromatic rings. The second kappa shape index (κ2) is 5.78. The lowest BCUT2D eigenvalue weighted by Crippen LogP contribution is -1.95. The van der Waals surface area contributed by atoms with Crippen LogP contribution in [0.15, 0.2) is 35.3 Å². The molecule has 1 heterocycles. The molecular weight excluding hydrogens is 199 g/mol. The van der Waals surface area contributed by atoms with Crippen LogP contribution in [-0.2, 0) is 0 Å². The summed E-state index contributed by atoms with van der Waals surface area (Å²) in [7, 11) is 0. The third kappa shape index (κ3) is 3.47. The van der Waals surface area contributed by atoms with Crippen LogP contribution >= 0.6 is 11.8 Å². The van der Waals surface area contributed by atoms with Gasteiger partial charge in [-0.3, -0.25) is 0 Å². The zero-order chi connectivity index (χ0) is 10.4. The summed E-state index contributed by atoms with van der Waals surface area (Å²) in [6, 6.07) is 3.82. The van der Waals surface area contributed by atoms with Crippen molar-refractivity contribution in [1.82, 2.24) is 4.98 Å². The Morgan fingerprint density at radius 2 is 2.50 bits per heavy atom. The summed E-state index contributed by atoms with van der Waals surface area (Å²) in [6.45, 7) is 2.20. The van der Waals surface area contributed by atoms with Crippen molar-refractivity contribution in [1.29, 1.82) is 0 Å². The maximum Gasteiger partial charge on any atom is 0.107 e. The Kier molecular flexibility index (Phi) is 4.62. The van der Waals surface area contributed by atoms with E-state index in [9.17, 15) is 4.39 Å². The highest BCUT2D eigenvalue weighted by atomic mass is 32.2. The van der Waals surface area contributed by atoms with E-state index in [1.54, 1.807) is 6.20 Å². The molecule has 0 aliphatic heterocycles. The molecule has 76 valence electrons. The van der Waals surface area contributed by atoms with Gasteiger partial charge in [-0.05, 0) is 24.6 Å². The average Bonchev–Trinajstić information content (AvgIpc) is 2.17. The van der Waals surface area contributed by atoms with Gasteiger partial charge in [0, 0.05) is 12.7 Å². The van der Waals surface area contributed by atoms with Crippen molar-refractivity contribution < 1.29 is 4.39 Å². The van der Waals surface area contributed by atoms with Crippen LogP contribution in [0.2, 0.25) is 0 Å². The first-order valence-corrected chi connectivity index (χ1v) is 5.31. The third-order valence-corrected chi connectivity index (χ3v) is 2.77. The van der Waals surface area contributed by atoms with Crippen molar-refractivity contribution >= 4 is 11.8 Å². The van der Waals surface area contributed by atoms with E-state index in [1.807, 2.05) is 19.1 Å². The van der Waals surface area contributed by atoms with Gasteiger partial charge in [0.2, 0.25) is 0 Å². The van der Waals surface area contributed by atoms with Gasteiger partial charge in [-0.2, -0.15) is 0 Å². The molecule has 0 aromatic carbocycles. The SMILES string of the molecule is Cc1cccnc1SC/C(F)=C/CN. The lowest BCUT2D eigenvalue weighted by atomic mass is 10.3. The minimum atomic E-state index is -0.192. The van der Waals surface area contributed by atoms with Crippen LogP contribution in [0.3, 0.4) is 0 Å². The molecule has 1 aromatic heterocycles. The molecule has 0 aliphatic rings. The minimum absolute atomic E-state index is 0.192. The third-order valence-electron chi connectivity index (χ3n) is 1.65. The van der Waals surface area contributed by atoms with Crippen molar-refractivity contribution in [2.24, 2.45) is 5.73 Å². The largest absolute Gasteiger partial charge is 0.327 e. The number of aryl methyl sites for hydroxylation is 1. The number of halogens is 1. The number of nitrogens with two attached hydrogens (primary N) is 1. The molecule has 0 bridgehead atoms. The summed E-state index contributed by atoms with van der Waals surface area (Å²) in [6.07, 6.45) is 3.09. The zero-order valence-electron chi connectivity index (χ0n) is 8.03. The van der Waals surface area contributed by atoms with Gasteiger partial charge in [-0.15, -0.1) is 0 Å². The molecule has 2 nitrogen and oxygen atoms in total. The Labute approximate surface area is 87.4 Å². The van der Waals surface area contributed by atoms with Gasteiger partial charge in [0.15, 0.2) is 0 Å². The Bertz CT molecular complexity index is 326. The quantitative estimate of drug-likeness (QED) is 0.778. The van der Waals surface area contributed by atoms with E-state index in [-0.39, 0.29) is 12.4 Å². The summed E-state index contributed by atoms with van der Waals surface area (Å²) in [5, 5.41) is 0.869. The second-order valence-electron chi connectivity index (χ2n) is 2.80. The van der Waals surface area contributed by atoms with Gasteiger partial charge in [-0.1, -0.05) is 17.8 Å². The lowest BCUT2D eigenvalue weighted by molar-refractivity contribution is 0.640. The molecule has 4 heteroatoms. The maximum atomic E-state index is 13.0. The fraction of sp³-hybridized carbons (Fsp3) is 0.300. The molecule has 0 aliphatic carbocycles. The fourth-order valence-electron chi connectivity index (χ4n) is 0.946. The number of thioether (sulfide) groups is 1. The fourth-order valence-corrected chi connectivity index (χ4v) is 1.77. The monoisotopic (exact) mass is 212 g/mol. The highest BCUT2D eigenvalue weighted by Gasteiger charge is 2.01. The van der Waals surface area contributed by atoms with Crippen LogP contribution in [0.5, 0.6) is 0 Å². The Hall–Kier alpha value is -0.870. The number of hydrogen-bond donors (Lipinski definition) is 1. The number of pyridine rings is 1. The van der Waals surface area contributed by atoms with Gasteiger partial charge in [0.05, 0.1) is 10.8 Å². The predicted octanol–water partition coefficient (Wildman–Crippen LogP) is 2.29. The van der Waals surface area contributed by atoms with Crippen LogP contribution < -0.4 is 5.73 Å². The van der Waals surface area contributed by atoms with E-state index >= 15 is 0 Å². The maximum absolute atomic E-state index is 13.0. The van der Waals surface area contributed by atoms with Crippen molar-refractivity contribution in [2.45, 2.75) is 11.9 Å². The predicted molar refractivity (Wildman–Crippen MR) is 57.9 cm³/mol. The van der Waals surface area contributed by atoms with Gasteiger partial charge in [-0.25, -0.2) is 9.37 Å². The van der Waals surface area contributed by atoms with Crippen LogP contribution in [0.1, 0.15) is 5.56 Å². The van der Waals surface area contributed by atoms with E-state index in [1.165, 1.54) is 17.8 Å². The van der Waals surface area contributed by atoms with E-state index in [2.05, 4.69) is 4.98 Å². The number of nitrogens with zero attached hydrogens (tertiary/aromatic N) is 1. The summed E-state index contributed by atoms with van der Waals surface area (Å²) in [5.74, 6) is 0.109. The van der Waals surface area contributed by atoms with Crippen molar-refractivity contribution in [3.63, 3.8) is 0 Å². The standard InChI is InChI=1S/C10H13FN2S/c1-8-3-2-6-13-10(8)14-7-9(11)4-5-12/h2-4,6H,5,7,12H2,1H3/b9-4-. The molecule has 0 saturated carbocycles. The lowest BCUT2D eigenvalue weighted by Gasteiger charge is -2.01. The summed E-state index contributed by atoms with van der Waals surface area (Å²) >= 11 is 1.39. The topological polar surface area (TPSA) is 38.9 Å². The highest BCUT2D eigenvalue weighted by Crippen LogP contribution is 2.21. The number of hydrogen-bond acceptors (Lipinski definition) is 3. The van der Waals surface area contributed by atoms with E-state index in [0.29, 0.717) is 5.75 Å². The molecule has 0 unspecified atom stereocenters. The Balaban J connectivity index is 2.54. The van der Waals surface area contributed by atoms with Crippen molar-refractivity contribution in [3.05, 3.63) is 35.8 Å². The first-order valence-electron chi connectivity index (χ1n) is 4.33. The zero-order valence-corrected chi connectivity index (χ0v) is 8.85. The number of rotatable bonds is 4. The first kappa shape index (κ1) is 11.2. The van der Waals surface area contributed by atoms with E-state index in [4.69, 9.17) is 5.73 Å². The molecule has 0 atom stereocenters. The van der Waals surface area contributed by atoms with E-state index < -0.39 is 0 Å². The molecule has 0 amide bonds. The van der Waals surface area contributed by atoms with Crippen molar-refractivity contribution in [2.75, 3.05) is 12.3 Å². The molecule has 0 fully saturated rings. The van der Waals surface area contributed by atoms with Gasteiger partial charge < -0.3 is 5.73 Å². The smallest absolute Gasteiger partial charge is 0.107 e. The Morgan fingerprint density at radius 1 is 1.71 bits per heavy atom. The summed E-state index contributed by atoms with van der Waals surface area (Å²) < 4.78 is 13.0. The molecule has 2 N–H and O–H groups in total. The first-order chi connectivity index (χ1) is 6.74. The molecular formula is C10H13FN2S. The minimum Gasteiger partial charge on any atom is -0.327 e. The van der Waals surface area contributed by atoms with Crippen LogP contribution in [0.25, 0.3) is 0 Å². The Morgan fingerprint density at radius 3 is 3.14 bits per heavy atom. The van der Waals surface area contributed by atoms with Gasteiger partial charge in [0.25, 0.3) is 0 Å². The highest BCUT2D eigenvalue weighted by molar-refractivity contribution is 7.99. The second-order valence-corrected chi connectivity index (χ2v) is 3.76. The van der Waals surface area contributed by atoms with E-state index in [0.717, 1.165) is 10.6 Å². The van der Waals surface area contributed by atoms with Crippen LogP contribution in [0, 0.1) is 6.92 Å². The molecule has 0 saturated heterocycles. The molecule has 0 spiro atoms. The molecule has 0 radical (unpaired) electrons. The molecule has 1 rings (SSSR count). The van der Waals surface area contributed by atoms with Crippen molar-refractivity contribution in [3.8, 4) is 0 Å².